The summed E-state index contributed by atoms with van der Waals surface area (Å²) in [6, 6.07) is 0. The molecule has 0 radical (unpaired) electrons. The summed E-state index contributed by atoms with van der Waals surface area (Å²) < 4.78 is 20.0. The van der Waals surface area contributed by atoms with Gasteiger partial charge < -0.3 is 18.9 Å². The minimum atomic E-state index is -0.566. The average molecular weight is 398 g/mol. The molecule has 0 aromatic carbocycles. The Hall–Kier alpha value is -2.64. The number of carbonyl (C=O) groups is 4. The Bertz CT molecular complexity index is 541. The van der Waals surface area contributed by atoms with Crippen LogP contribution in [0, 0.1) is 0 Å². The van der Waals surface area contributed by atoms with Crippen molar-refractivity contribution in [3.63, 3.8) is 0 Å². The molecule has 0 aliphatic rings. The van der Waals surface area contributed by atoms with Crippen LogP contribution in [0.3, 0.4) is 0 Å². The third-order valence-corrected chi connectivity index (χ3v) is 3.28. The fourth-order valence-corrected chi connectivity index (χ4v) is 1.74. The first-order valence-electron chi connectivity index (χ1n) is 9.07. The van der Waals surface area contributed by atoms with Crippen molar-refractivity contribution in [3.05, 3.63) is 24.3 Å². The van der Waals surface area contributed by atoms with Crippen LogP contribution >= 0.6 is 0 Å². The van der Waals surface area contributed by atoms with Crippen LogP contribution < -0.4 is 0 Å². The van der Waals surface area contributed by atoms with E-state index in [0.29, 0.717) is 12.8 Å². The van der Waals surface area contributed by atoms with Crippen molar-refractivity contribution in [1.82, 2.24) is 0 Å². The normalized spacial score (nSPS) is 12.3. The summed E-state index contributed by atoms with van der Waals surface area (Å²) >= 11 is 0. The molecule has 28 heavy (non-hydrogen) atoms. The molecule has 0 N–H and O–H groups in total. The standard InChI is InChI=1S/C20H30O8/c1-13(2)19(23)27-15(5)11-25-17(21)9-7-8-10-18(22)26-12-16(6)28-20(24)14(3)4/h15-16H,1,3,7-12H2,2,4-6H3. The van der Waals surface area contributed by atoms with Gasteiger partial charge in [0.15, 0.2) is 0 Å². The average Bonchev–Trinajstić information content (AvgIpc) is 2.61. The highest BCUT2D eigenvalue weighted by atomic mass is 16.6. The molecular formula is C20H30O8. The van der Waals surface area contributed by atoms with Gasteiger partial charge in [0.25, 0.3) is 0 Å². The first-order chi connectivity index (χ1) is 13.0. The summed E-state index contributed by atoms with van der Waals surface area (Å²) in [5.41, 5.74) is 0.543. The van der Waals surface area contributed by atoms with Crippen LogP contribution in [0.4, 0.5) is 0 Å². The lowest BCUT2D eigenvalue weighted by Gasteiger charge is -2.14. The van der Waals surface area contributed by atoms with Crippen LogP contribution in [0.5, 0.6) is 0 Å². The minimum absolute atomic E-state index is 0.0410. The van der Waals surface area contributed by atoms with Gasteiger partial charge >= 0.3 is 23.9 Å². The van der Waals surface area contributed by atoms with E-state index in [1.54, 1.807) is 13.8 Å². The lowest BCUT2D eigenvalue weighted by molar-refractivity contribution is -0.156. The molecule has 0 aliphatic heterocycles. The molecule has 0 aromatic heterocycles. The number of esters is 4. The van der Waals surface area contributed by atoms with Gasteiger partial charge in [0.2, 0.25) is 0 Å². The van der Waals surface area contributed by atoms with E-state index in [1.165, 1.54) is 13.8 Å². The largest absolute Gasteiger partial charge is 0.462 e. The smallest absolute Gasteiger partial charge is 0.333 e. The molecule has 8 heteroatoms. The highest BCUT2D eigenvalue weighted by molar-refractivity contribution is 5.87. The highest BCUT2D eigenvalue weighted by Gasteiger charge is 2.14. The van der Waals surface area contributed by atoms with E-state index >= 15 is 0 Å². The van der Waals surface area contributed by atoms with Crippen LogP contribution in [-0.2, 0) is 38.1 Å². The molecule has 0 heterocycles. The van der Waals surface area contributed by atoms with Crippen LogP contribution in [0.1, 0.15) is 53.4 Å². The van der Waals surface area contributed by atoms with Crippen LogP contribution in [0.15, 0.2) is 24.3 Å². The van der Waals surface area contributed by atoms with Crippen LogP contribution in [0.25, 0.3) is 0 Å². The summed E-state index contributed by atoms with van der Waals surface area (Å²) in [7, 11) is 0. The topological polar surface area (TPSA) is 105 Å². The predicted octanol–water partition coefficient (Wildman–Crippen LogP) is 2.65. The van der Waals surface area contributed by atoms with Gasteiger partial charge in [0.1, 0.15) is 25.4 Å². The van der Waals surface area contributed by atoms with Crippen molar-refractivity contribution in [2.24, 2.45) is 0 Å². The number of hydrogen-bond donors (Lipinski definition) is 0. The Kier molecular flexibility index (Phi) is 12.2. The molecule has 0 saturated carbocycles. The second-order valence-electron chi connectivity index (χ2n) is 6.57. The number of carbonyl (C=O) groups excluding carboxylic acids is 4. The Morgan fingerprint density at radius 1 is 0.714 bits per heavy atom. The van der Waals surface area contributed by atoms with Crippen LogP contribution in [0.2, 0.25) is 0 Å². The van der Waals surface area contributed by atoms with Gasteiger partial charge in [-0.05, 0) is 40.5 Å². The maximum absolute atomic E-state index is 11.6. The second-order valence-corrected chi connectivity index (χ2v) is 6.57. The molecule has 0 rings (SSSR count). The Morgan fingerprint density at radius 3 is 1.32 bits per heavy atom. The van der Waals surface area contributed by atoms with Gasteiger partial charge in [-0.15, -0.1) is 0 Å². The third-order valence-electron chi connectivity index (χ3n) is 3.28. The zero-order valence-corrected chi connectivity index (χ0v) is 17.1. The first-order valence-corrected chi connectivity index (χ1v) is 9.07. The predicted molar refractivity (Wildman–Crippen MR) is 101 cm³/mol. The molecule has 0 fully saturated rings. The van der Waals surface area contributed by atoms with Gasteiger partial charge in [-0.25, -0.2) is 9.59 Å². The lowest BCUT2D eigenvalue weighted by Crippen LogP contribution is -2.23. The Morgan fingerprint density at radius 2 is 1.04 bits per heavy atom. The molecule has 0 aromatic rings. The van der Waals surface area contributed by atoms with Gasteiger partial charge in [0.05, 0.1) is 0 Å². The fourth-order valence-electron chi connectivity index (χ4n) is 1.74. The van der Waals surface area contributed by atoms with Gasteiger partial charge in [-0.3, -0.25) is 9.59 Å². The third kappa shape index (κ3) is 12.7. The van der Waals surface area contributed by atoms with Gasteiger partial charge in [-0.2, -0.15) is 0 Å². The van der Waals surface area contributed by atoms with E-state index in [9.17, 15) is 19.2 Å². The Labute approximate surface area is 165 Å². The molecule has 0 amide bonds. The number of ether oxygens (including phenoxy) is 4. The fraction of sp³-hybridized carbons (Fsp3) is 0.600. The molecule has 158 valence electrons. The molecule has 8 nitrogen and oxygen atoms in total. The molecule has 0 bridgehead atoms. The second kappa shape index (κ2) is 13.5. The van der Waals surface area contributed by atoms with E-state index in [1.807, 2.05) is 0 Å². The first kappa shape index (κ1) is 25.4. The summed E-state index contributed by atoms with van der Waals surface area (Å²) in [6.07, 6.45) is 0.0535. The number of unbranched alkanes of at least 4 members (excludes halogenated alkanes) is 1. The van der Waals surface area contributed by atoms with E-state index in [-0.39, 0.29) is 37.2 Å². The highest BCUT2D eigenvalue weighted by Crippen LogP contribution is 2.06. The summed E-state index contributed by atoms with van der Waals surface area (Å²) in [6.45, 7) is 13.1. The quantitative estimate of drug-likeness (QED) is 0.202. The maximum atomic E-state index is 11.6. The summed E-state index contributed by atoms with van der Waals surface area (Å²) in [4.78, 5) is 45.9. The lowest BCUT2D eigenvalue weighted by atomic mass is 10.2. The van der Waals surface area contributed by atoms with Crippen molar-refractivity contribution >= 4 is 23.9 Å². The number of rotatable bonds is 13. The van der Waals surface area contributed by atoms with Crippen molar-refractivity contribution in [1.29, 1.82) is 0 Å². The van der Waals surface area contributed by atoms with Gasteiger partial charge in [-0.1, -0.05) is 13.2 Å². The van der Waals surface area contributed by atoms with Crippen molar-refractivity contribution in [2.45, 2.75) is 65.6 Å². The monoisotopic (exact) mass is 398 g/mol. The van der Waals surface area contributed by atoms with E-state index in [2.05, 4.69) is 13.2 Å². The molecule has 0 aliphatic carbocycles. The van der Waals surface area contributed by atoms with Crippen LogP contribution in [-0.4, -0.2) is 49.3 Å². The van der Waals surface area contributed by atoms with E-state index in [0.717, 1.165) is 0 Å². The molecule has 0 saturated heterocycles. The Balaban J connectivity index is 3.82. The van der Waals surface area contributed by atoms with E-state index in [4.69, 9.17) is 18.9 Å². The number of hydrogen-bond acceptors (Lipinski definition) is 8. The molecule has 2 atom stereocenters. The van der Waals surface area contributed by atoms with E-state index < -0.39 is 36.1 Å². The van der Waals surface area contributed by atoms with Crippen molar-refractivity contribution in [2.75, 3.05) is 13.2 Å². The van der Waals surface area contributed by atoms with Crippen molar-refractivity contribution < 1.29 is 38.1 Å². The zero-order chi connectivity index (χ0) is 21.7. The minimum Gasteiger partial charge on any atom is -0.462 e. The molecule has 2 unspecified atom stereocenters. The SMILES string of the molecule is C=C(C)C(=O)OC(C)COC(=O)CCCCC(=O)OCC(C)OC(=O)C(=C)C. The molecule has 0 spiro atoms. The summed E-state index contributed by atoms with van der Waals surface area (Å²) in [5.74, 6) is -1.95. The molecular weight excluding hydrogens is 368 g/mol. The maximum Gasteiger partial charge on any atom is 0.333 e. The zero-order valence-electron chi connectivity index (χ0n) is 17.1. The van der Waals surface area contributed by atoms with Crippen molar-refractivity contribution in [3.8, 4) is 0 Å². The van der Waals surface area contributed by atoms with Gasteiger partial charge in [0, 0.05) is 24.0 Å². The summed E-state index contributed by atoms with van der Waals surface area (Å²) in [5, 5.41) is 0.